The van der Waals surface area contributed by atoms with Gasteiger partial charge < -0.3 is 14.8 Å². The van der Waals surface area contributed by atoms with Crippen molar-refractivity contribution in [2.75, 3.05) is 12.4 Å². The number of carbonyl (C=O) groups excluding carboxylic acids is 1. The van der Waals surface area contributed by atoms with Crippen LogP contribution >= 0.6 is 11.8 Å². The van der Waals surface area contributed by atoms with Crippen LogP contribution in [0.3, 0.4) is 0 Å². The number of hydrogen-bond acceptors (Lipinski definition) is 5. The third-order valence-electron chi connectivity index (χ3n) is 4.54. The third-order valence-corrected chi connectivity index (χ3v) is 5.51. The van der Waals surface area contributed by atoms with Crippen molar-refractivity contribution in [1.82, 2.24) is 9.78 Å². The van der Waals surface area contributed by atoms with Crippen LogP contribution in [0.4, 0.5) is 5.82 Å². The number of anilines is 1. The number of rotatable bonds is 6. The minimum atomic E-state index is -0.633. The lowest BCUT2D eigenvalue weighted by Gasteiger charge is -2.16. The quantitative estimate of drug-likeness (QED) is 0.683. The van der Waals surface area contributed by atoms with Gasteiger partial charge in [-0.2, -0.15) is 16.9 Å². The van der Waals surface area contributed by atoms with Gasteiger partial charge in [-0.3, -0.25) is 4.79 Å². The van der Waals surface area contributed by atoms with Gasteiger partial charge in [0.25, 0.3) is 5.91 Å². The fourth-order valence-corrected chi connectivity index (χ4v) is 4.06. The average Bonchev–Trinajstić information content (AvgIpc) is 3.31. The van der Waals surface area contributed by atoms with Crippen molar-refractivity contribution < 1.29 is 14.3 Å². The fourth-order valence-electron chi connectivity index (χ4n) is 3.03. The maximum absolute atomic E-state index is 12.8. The molecule has 1 aliphatic rings. The van der Waals surface area contributed by atoms with E-state index in [9.17, 15) is 4.79 Å². The molecular weight excluding hydrogens is 374 g/mol. The first kappa shape index (κ1) is 18.4. The van der Waals surface area contributed by atoms with Crippen molar-refractivity contribution >= 4 is 23.5 Å². The zero-order valence-corrected chi connectivity index (χ0v) is 16.5. The van der Waals surface area contributed by atoms with E-state index in [0.29, 0.717) is 11.6 Å². The highest BCUT2D eigenvalue weighted by atomic mass is 32.2. The smallest absolute Gasteiger partial charge is 0.266 e. The van der Waals surface area contributed by atoms with Crippen LogP contribution in [0.2, 0.25) is 0 Å². The number of ether oxygens (including phenoxy) is 2. The lowest BCUT2D eigenvalue weighted by molar-refractivity contribution is -0.122. The van der Waals surface area contributed by atoms with Gasteiger partial charge in [-0.15, -0.1) is 0 Å². The Balaban J connectivity index is 1.58. The van der Waals surface area contributed by atoms with Crippen molar-refractivity contribution in [1.29, 1.82) is 0 Å². The summed E-state index contributed by atoms with van der Waals surface area (Å²) in [4.78, 5) is 12.8. The Kier molecular flexibility index (Phi) is 5.25. The Hall–Kier alpha value is -2.93. The van der Waals surface area contributed by atoms with Crippen LogP contribution < -0.4 is 14.8 Å². The Morgan fingerprint density at radius 3 is 2.57 bits per heavy atom. The van der Waals surface area contributed by atoms with E-state index in [1.54, 1.807) is 30.5 Å². The Bertz CT molecular complexity index is 971. The molecule has 1 amide bonds. The first-order chi connectivity index (χ1) is 13.7. The molecule has 0 fully saturated rings. The highest BCUT2D eigenvalue weighted by Gasteiger charge is 2.26. The molecule has 3 aromatic rings. The summed E-state index contributed by atoms with van der Waals surface area (Å²) in [6.07, 6.45) is -0.633. The summed E-state index contributed by atoms with van der Waals surface area (Å²) < 4.78 is 12.8. The third kappa shape index (κ3) is 3.71. The molecule has 2 aromatic carbocycles. The molecule has 1 N–H and O–H groups in total. The number of methoxy groups -OCH3 is 1. The van der Waals surface area contributed by atoms with E-state index in [0.717, 1.165) is 34.2 Å². The maximum atomic E-state index is 12.8. The number of carbonyl (C=O) groups is 1. The van der Waals surface area contributed by atoms with Crippen LogP contribution in [0.5, 0.6) is 11.5 Å². The maximum Gasteiger partial charge on any atom is 0.266 e. The largest absolute Gasteiger partial charge is 0.497 e. The second-order valence-corrected chi connectivity index (χ2v) is 7.42. The number of nitrogens with one attached hydrogen (secondary N) is 1. The summed E-state index contributed by atoms with van der Waals surface area (Å²) in [5.41, 5.74) is 2.95. The molecule has 0 spiro atoms. The highest BCUT2D eigenvalue weighted by molar-refractivity contribution is 7.98. The molecule has 0 aliphatic carbocycles. The number of hydrogen-bond donors (Lipinski definition) is 1. The van der Waals surface area contributed by atoms with Crippen LogP contribution in [-0.2, 0) is 16.3 Å². The van der Waals surface area contributed by atoms with E-state index >= 15 is 0 Å². The van der Waals surface area contributed by atoms with Gasteiger partial charge in [-0.25, -0.2) is 4.68 Å². The highest BCUT2D eigenvalue weighted by Crippen LogP contribution is 2.36. The van der Waals surface area contributed by atoms with Crippen LogP contribution in [0.25, 0.3) is 5.69 Å². The predicted octanol–water partition coefficient (Wildman–Crippen LogP) is 4.03. The van der Waals surface area contributed by atoms with E-state index in [2.05, 4.69) is 5.32 Å². The van der Waals surface area contributed by atoms with Crippen molar-refractivity contribution in [3.63, 3.8) is 0 Å². The van der Waals surface area contributed by atoms with Gasteiger partial charge in [0.05, 0.1) is 18.5 Å². The molecular formula is C21H21N3O3S. The van der Waals surface area contributed by atoms with Crippen molar-refractivity contribution in [2.45, 2.75) is 24.5 Å². The molecule has 1 aromatic heterocycles. The van der Waals surface area contributed by atoms with Crippen molar-refractivity contribution in [2.24, 2.45) is 0 Å². The Morgan fingerprint density at radius 1 is 1.11 bits per heavy atom. The molecule has 0 bridgehead atoms. The monoisotopic (exact) mass is 395 g/mol. The normalized spacial score (nSPS) is 13.6. The second-order valence-electron chi connectivity index (χ2n) is 6.44. The zero-order chi connectivity index (χ0) is 19.5. The number of para-hydroxylation sites is 1. The lowest BCUT2D eigenvalue weighted by Crippen LogP contribution is -2.31. The number of thioether (sulfide) groups is 1. The van der Waals surface area contributed by atoms with Crippen LogP contribution in [-0.4, -0.2) is 28.9 Å². The second kappa shape index (κ2) is 7.98. The molecule has 1 atom stereocenters. The molecule has 0 saturated carbocycles. The number of fused-ring (bicyclic) bond motifs is 1. The molecule has 2 heterocycles. The average molecular weight is 395 g/mol. The van der Waals surface area contributed by atoms with E-state index in [4.69, 9.17) is 14.6 Å². The number of nitrogens with zero attached hydrogens (tertiary/aromatic N) is 2. The molecule has 28 heavy (non-hydrogen) atoms. The van der Waals surface area contributed by atoms with Crippen molar-refractivity contribution in [3.8, 4) is 17.2 Å². The number of benzene rings is 2. The van der Waals surface area contributed by atoms with Crippen LogP contribution in [0.15, 0.2) is 54.6 Å². The van der Waals surface area contributed by atoms with E-state index in [-0.39, 0.29) is 5.91 Å². The van der Waals surface area contributed by atoms with Crippen LogP contribution in [0, 0.1) is 0 Å². The zero-order valence-electron chi connectivity index (χ0n) is 15.7. The lowest BCUT2D eigenvalue weighted by atomic mass is 10.2. The first-order valence-corrected chi connectivity index (χ1v) is 10.2. The Morgan fingerprint density at radius 2 is 1.86 bits per heavy atom. The minimum absolute atomic E-state index is 0.210. The molecule has 0 unspecified atom stereocenters. The molecule has 4 rings (SSSR count). The van der Waals surface area contributed by atoms with E-state index in [1.807, 2.05) is 54.6 Å². The van der Waals surface area contributed by atoms with Gasteiger partial charge in [-0.05, 0) is 43.3 Å². The van der Waals surface area contributed by atoms with Gasteiger partial charge in [0.15, 0.2) is 6.10 Å². The van der Waals surface area contributed by atoms with Gasteiger partial charge in [0.1, 0.15) is 17.3 Å². The minimum Gasteiger partial charge on any atom is -0.497 e. The van der Waals surface area contributed by atoms with E-state index in [1.165, 1.54) is 0 Å². The van der Waals surface area contributed by atoms with Gasteiger partial charge in [-0.1, -0.05) is 18.2 Å². The van der Waals surface area contributed by atoms with Gasteiger partial charge in [0.2, 0.25) is 0 Å². The molecule has 0 radical (unpaired) electrons. The summed E-state index contributed by atoms with van der Waals surface area (Å²) in [5.74, 6) is 3.60. The summed E-state index contributed by atoms with van der Waals surface area (Å²) in [5, 5.41) is 7.74. The Labute approximate surface area is 167 Å². The topological polar surface area (TPSA) is 65.4 Å². The predicted molar refractivity (Wildman–Crippen MR) is 110 cm³/mol. The molecule has 1 aliphatic heterocycles. The fraction of sp³-hybridized carbons (Fsp3) is 0.238. The first-order valence-electron chi connectivity index (χ1n) is 9.01. The molecule has 0 saturated heterocycles. The summed E-state index contributed by atoms with van der Waals surface area (Å²) >= 11 is 1.79. The SMILES string of the molecule is COc1ccc(-n2nc3c(c2NC(=O)[C@H](C)Oc2ccccc2)CSC3)cc1. The standard InChI is InChI=1S/C21H21N3O3S/c1-14(27-17-6-4-3-5-7-17)21(25)22-20-18-12-28-13-19(18)23-24(20)15-8-10-16(26-2)11-9-15/h3-11,14H,12-13H2,1-2H3,(H,22,25)/t14-/m0/s1. The number of aromatic nitrogens is 2. The molecule has 144 valence electrons. The summed E-state index contributed by atoms with van der Waals surface area (Å²) in [7, 11) is 1.63. The summed E-state index contributed by atoms with van der Waals surface area (Å²) in [6, 6.07) is 16.9. The summed E-state index contributed by atoms with van der Waals surface area (Å²) in [6.45, 7) is 1.74. The van der Waals surface area contributed by atoms with E-state index < -0.39 is 6.10 Å². The number of amides is 1. The molecule has 7 heteroatoms. The van der Waals surface area contributed by atoms with Gasteiger partial charge >= 0.3 is 0 Å². The van der Waals surface area contributed by atoms with Gasteiger partial charge in [0, 0.05) is 17.1 Å². The van der Waals surface area contributed by atoms with Crippen LogP contribution in [0.1, 0.15) is 18.2 Å². The molecule has 6 nitrogen and oxygen atoms in total. The van der Waals surface area contributed by atoms with Crippen molar-refractivity contribution in [3.05, 3.63) is 65.9 Å².